The molecule has 98 valence electrons. The lowest BCUT2D eigenvalue weighted by Crippen LogP contribution is -2.20. The summed E-state index contributed by atoms with van der Waals surface area (Å²) >= 11 is 0. The minimum Gasteiger partial charge on any atom is -0.286 e. The van der Waals surface area contributed by atoms with E-state index < -0.39 is 44.9 Å². The Balaban J connectivity index is 3.41. The van der Waals surface area contributed by atoms with Crippen LogP contribution in [0.1, 0.15) is 5.82 Å². The molecule has 0 saturated carbocycles. The van der Waals surface area contributed by atoms with Crippen molar-refractivity contribution < 1.29 is 34.3 Å². The Morgan fingerprint density at radius 3 is 2.12 bits per heavy atom. The Morgan fingerprint density at radius 1 is 1.24 bits per heavy atom. The van der Waals surface area contributed by atoms with Gasteiger partial charge in [-0.2, -0.15) is 21.6 Å². The van der Waals surface area contributed by atoms with Crippen molar-refractivity contribution in [2.45, 2.75) is 24.3 Å². The van der Waals surface area contributed by atoms with Crippen molar-refractivity contribution in [2.24, 2.45) is 0 Å². The van der Waals surface area contributed by atoms with Crippen LogP contribution in [0, 0.1) is 0 Å². The van der Waals surface area contributed by atoms with E-state index in [0.29, 0.717) is 0 Å². The van der Waals surface area contributed by atoms with Crippen LogP contribution >= 0.6 is 0 Å². The highest BCUT2D eigenvalue weighted by Crippen LogP contribution is 2.29. The summed E-state index contributed by atoms with van der Waals surface area (Å²) in [6.07, 6.45) is -8.54. The van der Waals surface area contributed by atoms with Gasteiger partial charge in [0.05, 0.1) is 6.54 Å². The van der Waals surface area contributed by atoms with Gasteiger partial charge in [0.2, 0.25) is 5.82 Å². The van der Waals surface area contributed by atoms with Gasteiger partial charge in [0.1, 0.15) is 0 Å². The van der Waals surface area contributed by atoms with E-state index in [1.807, 2.05) is 0 Å². The standard InChI is InChI=1S/C5H3F6N3O2S/c6-2(7)1-14-3(5(8,9)10)12-13-4(14)17(11,15)16/h2H,1H2. The first-order valence-corrected chi connectivity index (χ1v) is 5.15. The predicted octanol–water partition coefficient (Wildman–Crippen LogP) is 1.22. The van der Waals surface area contributed by atoms with Crippen LogP contribution in [0.15, 0.2) is 5.16 Å². The van der Waals surface area contributed by atoms with E-state index in [4.69, 9.17) is 0 Å². The Morgan fingerprint density at radius 2 is 1.76 bits per heavy atom. The van der Waals surface area contributed by atoms with Crippen LogP contribution in [0.2, 0.25) is 0 Å². The first kappa shape index (κ1) is 13.7. The average Bonchev–Trinajstić information content (AvgIpc) is 2.43. The summed E-state index contributed by atoms with van der Waals surface area (Å²) in [5.41, 5.74) is 0. The zero-order valence-electron chi connectivity index (χ0n) is 7.62. The maximum absolute atomic E-state index is 12.5. The fraction of sp³-hybridized carbons (Fsp3) is 0.600. The monoisotopic (exact) mass is 283 g/mol. The third kappa shape index (κ3) is 3.08. The molecular formula is C5H3F6N3O2S. The number of alkyl halides is 5. The van der Waals surface area contributed by atoms with Gasteiger partial charge in [-0.1, -0.05) is 3.89 Å². The molecule has 0 radical (unpaired) electrons. The smallest absolute Gasteiger partial charge is 0.286 e. The van der Waals surface area contributed by atoms with Crippen molar-refractivity contribution in [3.8, 4) is 0 Å². The van der Waals surface area contributed by atoms with Crippen molar-refractivity contribution in [2.75, 3.05) is 0 Å². The topological polar surface area (TPSA) is 64.8 Å². The number of hydrogen-bond acceptors (Lipinski definition) is 4. The van der Waals surface area contributed by atoms with Gasteiger partial charge < -0.3 is 0 Å². The minimum absolute atomic E-state index is 0.528. The van der Waals surface area contributed by atoms with Gasteiger partial charge in [0, 0.05) is 0 Å². The Hall–Kier alpha value is -1.33. The second-order valence-corrected chi connectivity index (χ2v) is 3.98. The highest BCUT2D eigenvalue weighted by Gasteiger charge is 2.41. The maximum Gasteiger partial charge on any atom is 0.451 e. The third-order valence-corrected chi connectivity index (χ3v) is 2.25. The first-order valence-electron chi connectivity index (χ1n) is 3.76. The van der Waals surface area contributed by atoms with Gasteiger partial charge in [-0.15, -0.1) is 10.2 Å². The van der Waals surface area contributed by atoms with Crippen LogP contribution in [-0.4, -0.2) is 29.6 Å². The van der Waals surface area contributed by atoms with Crippen molar-refractivity contribution in [1.82, 2.24) is 14.8 Å². The zero-order valence-corrected chi connectivity index (χ0v) is 8.44. The molecule has 1 heterocycles. The van der Waals surface area contributed by atoms with E-state index >= 15 is 0 Å². The summed E-state index contributed by atoms with van der Waals surface area (Å²) < 4.78 is 93.3. The largest absolute Gasteiger partial charge is 0.451 e. The van der Waals surface area contributed by atoms with E-state index in [0.717, 1.165) is 0 Å². The molecule has 12 heteroatoms. The van der Waals surface area contributed by atoms with E-state index in [-0.39, 0.29) is 0 Å². The molecule has 17 heavy (non-hydrogen) atoms. The molecule has 0 aliphatic carbocycles. The summed E-state index contributed by atoms with van der Waals surface area (Å²) in [6.45, 7) is -1.68. The van der Waals surface area contributed by atoms with Crippen molar-refractivity contribution in [3.05, 3.63) is 5.82 Å². The normalized spacial score (nSPS) is 13.4. The van der Waals surface area contributed by atoms with E-state index in [1.165, 1.54) is 0 Å². The lowest BCUT2D eigenvalue weighted by Gasteiger charge is -2.09. The summed E-state index contributed by atoms with van der Waals surface area (Å²) in [7, 11) is -5.66. The summed E-state index contributed by atoms with van der Waals surface area (Å²) in [4.78, 5) is 0. The molecule has 0 aliphatic heterocycles. The first-order chi connectivity index (χ1) is 7.53. The highest BCUT2D eigenvalue weighted by atomic mass is 32.3. The lowest BCUT2D eigenvalue weighted by atomic mass is 10.5. The average molecular weight is 283 g/mol. The molecule has 5 nitrogen and oxygen atoms in total. The molecule has 0 bridgehead atoms. The number of nitrogens with zero attached hydrogens (tertiary/aromatic N) is 3. The fourth-order valence-electron chi connectivity index (χ4n) is 0.981. The summed E-state index contributed by atoms with van der Waals surface area (Å²) in [5.74, 6) is -2.01. The van der Waals surface area contributed by atoms with Crippen LogP contribution in [0.4, 0.5) is 25.8 Å². The molecule has 0 fully saturated rings. The fourth-order valence-corrected chi connectivity index (χ4v) is 1.54. The zero-order chi connectivity index (χ0) is 13.4. The lowest BCUT2D eigenvalue weighted by molar-refractivity contribution is -0.148. The molecule has 0 atom stereocenters. The van der Waals surface area contributed by atoms with Gasteiger partial charge in [0.25, 0.3) is 11.6 Å². The number of halogens is 6. The second-order valence-electron chi connectivity index (χ2n) is 2.74. The molecule has 0 spiro atoms. The maximum atomic E-state index is 12.5. The Bertz CT molecular complexity index is 506. The SMILES string of the molecule is O=S(=O)(F)c1nnc(C(F)(F)F)n1CC(F)F. The van der Waals surface area contributed by atoms with Crippen LogP contribution < -0.4 is 0 Å². The van der Waals surface area contributed by atoms with E-state index in [9.17, 15) is 34.3 Å². The van der Waals surface area contributed by atoms with Crippen molar-refractivity contribution >= 4 is 10.2 Å². The molecular weight excluding hydrogens is 280 g/mol. The van der Waals surface area contributed by atoms with Crippen LogP contribution in [0.5, 0.6) is 0 Å². The van der Waals surface area contributed by atoms with Gasteiger partial charge in [0.15, 0.2) is 0 Å². The molecule has 1 aromatic heterocycles. The van der Waals surface area contributed by atoms with Gasteiger partial charge in [-0.25, -0.2) is 8.78 Å². The molecule has 0 unspecified atom stereocenters. The third-order valence-electron chi connectivity index (χ3n) is 1.51. The second kappa shape index (κ2) is 4.16. The molecule has 0 N–H and O–H groups in total. The van der Waals surface area contributed by atoms with Crippen molar-refractivity contribution in [1.29, 1.82) is 0 Å². The van der Waals surface area contributed by atoms with Gasteiger partial charge in [-0.3, -0.25) is 4.57 Å². The Kier molecular flexibility index (Phi) is 3.36. The number of rotatable bonds is 3. The van der Waals surface area contributed by atoms with Crippen LogP contribution in [-0.2, 0) is 22.9 Å². The van der Waals surface area contributed by atoms with Crippen LogP contribution in [0.3, 0.4) is 0 Å². The predicted molar refractivity (Wildman–Crippen MR) is 39.3 cm³/mol. The quantitative estimate of drug-likeness (QED) is 0.618. The number of aromatic nitrogens is 3. The molecule has 0 amide bonds. The minimum atomic E-state index is -5.66. The molecule has 0 saturated heterocycles. The molecule has 0 aromatic carbocycles. The molecule has 0 aliphatic rings. The van der Waals surface area contributed by atoms with Gasteiger partial charge in [-0.05, 0) is 0 Å². The molecule has 1 aromatic rings. The van der Waals surface area contributed by atoms with E-state index in [1.54, 1.807) is 0 Å². The summed E-state index contributed by atoms with van der Waals surface area (Å²) in [5, 5.41) is 2.95. The Labute approximate surface area is 90.3 Å². The highest BCUT2D eigenvalue weighted by molar-refractivity contribution is 7.86. The van der Waals surface area contributed by atoms with Crippen LogP contribution in [0.25, 0.3) is 0 Å². The summed E-state index contributed by atoms with van der Waals surface area (Å²) in [6, 6.07) is 0. The molecule has 1 rings (SSSR count). The van der Waals surface area contributed by atoms with Gasteiger partial charge >= 0.3 is 16.4 Å². The number of hydrogen-bond donors (Lipinski definition) is 0. The van der Waals surface area contributed by atoms with Crippen molar-refractivity contribution in [3.63, 3.8) is 0 Å². The van der Waals surface area contributed by atoms with E-state index in [2.05, 4.69) is 10.2 Å².